The van der Waals surface area contributed by atoms with Gasteiger partial charge in [0.2, 0.25) is 0 Å². The van der Waals surface area contributed by atoms with Gasteiger partial charge in [-0.25, -0.2) is 4.39 Å². The molecule has 0 aromatic heterocycles. The number of hydrogen-bond acceptors (Lipinski definition) is 2. The second kappa shape index (κ2) is 6.53. The normalized spacial score (nSPS) is 12.2. The van der Waals surface area contributed by atoms with Gasteiger partial charge in [0.25, 0.3) is 0 Å². The molecule has 1 atom stereocenters. The highest BCUT2D eigenvalue weighted by Crippen LogP contribution is 2.26. The van der Waals surface area contributed by atoms with Crippen LogP contribution in [-0.4, -0.2) is 5.11 Å². The quantitative estimate of drug-likeness (QED) is 0.892. The van der Waals surface area contributed by atoms with Gasteiger partial charge in [-0.1, -0.05) is 31.2 Å². The van der Waals surface area contributed by atoms with Crippen LogP contribution in [0.5, 0.6) is 5.75 Å². The Morgan fingerprint density at radius 2 is 1.75 bits per heavy atom. The van der Waals surface area contributed by atoms with Gasteiger partial charge in [0.15, 0.2) is 0 Å². The molecule has 0 aliphatic heterocycles. The Kier molecular flexibility index (Phi) is 4.74. The number of aliphatic hydroxyl groups excluding tert-OH is 1. The predicted molar refractivity (Wildman–Crippen MR) is 77.2 cm³/mol. The summed E-state index contributed by atoms with van der Waals surface area (Å²) in [7, 11) is 0. The standard InChI is InChI=1S/C17H19FO2/c1-3-13-4-6-14(7-5-13)11-20-17-9-8-15(18)10-16(17)12(2)19/h4-10,12,19H,3,11H2,1-2H3. The topological polar surface area (TPSA) is 29.5 Å². The van der Waals surface area contributed by atoms with Crippen LogP contribution in [0, 0.1) is 5.82 Å². The molecule has 2 aromatic rings. The van der Waals surface area contributed by atoms with Gasteiger partial charge in [-0.3, -0.25) is 0 Å². The molecule has 0 bridgehead atoms. The minimum Gasteiger partial charge on any atom is -0.489 e. The van der Waals surface area contributed by atoms with Crippen LogP contribution in [0.3, 0.4) is 0 Å². The zero-order valence-electron chi connectivity index (χ0n) is 11.8. The van der Waals surface area contributed by atoms with Crippen LogP contribution in [0.2, 0.25) is 0 Å². The van der Waals surface area contributed by atoms with Crippen LogP contribution < -0.4 is 4.74 Å². The average Bonchev–Trinajstić information content (AvgIpc) is 2.46. The van der Waals surface area contributed by atoms with E-state index in [1.165, 1.54) is 17.7 Å². The third-order valence-electron chi connectivity index (χ3n) is 3.25. The number of aliphatic hydroxyl groups is 1. The minimum absolute atomic E-state index is 0.374. The van der Waals surface area contributed by atoms with Crippen molar-refractivity contribution in [2.45, 2.75) is 33.0 Å². The summed E-state index contributed by atoms with van der Waals surface area (Å²) >= 11 is 0. The van der Waals surface area contributed by atoms with Crippen molar-refractivity contribution in [3.8, 4) is 5.75 Å². The van der Waals surface area contributed by atoms with E-state index in [-0.39, 0.29) is 5.82 Å². The number of ether oxygens (including phenoxy) is 1. The summed E-state index contributed by atoms with van der Waals surface area (Å²) in [6, 6.07) is 12.4. The number of hydrogen-bond donors (Lipinski definition) is 1. The largest absolute Gasteiger partial charge is 0.489 e. The highest BCUT2D eigenvalue weighted by atomic mass is 19.1. The lowest BCUT2D eigenvalue weighted by molar-refractivity contribution is 0.189. The van der Waals surface area contributed by atoms with E-state index in [0.717, 1.165) is 12.0 Å². The second-order valence-electron chi connectivity index (χ2n) is 4.82. The van der Waals surface area contributed by atoms with Gasteiger partial charge < -0.3 is 9.84 Å². The first-order valence-electron chi connectivity index (χ1n) is 6.78. The summed E-state index contributed by atoms with van der Waals surface area (Å²) < 4.78 is 18.9. The van der Waals surface area contributed by atoms with Crippen molar-refractivity contribution in [3.05, 3.63) is 65.0 Å². The summed E-state index contributed by atoms with van der Waals surface area (Å²) in [5.41, 5.74) is 2.79. The molecule has 0 spiro atoms. The highest BCUT2D eigenvalue weighted by molar-refractivity contribution is 5.35. The molecule has 0 saturated carbocycles. The molecule has 2 rings (SSSR count). The molecular formula is C17H19FO2. The Labute approximate surface area is 118 Å². The average molecular weight is 274 g/mol. The van der Waals surface area contributed by atoms with Crippen LogP contribution in [0.4, 0.5) is 4.39 Å². The van der Waals surface area contributed by atoms with E-state index in [2.05, 4.69) is 19.1 Å². The lowest BCUT2D eigenvalue weighted by Gasteiger charge is -2.13. The Bertz CT molecular complexity index is 562. The molecule has 106 valence electrons. The zero-order chi connectivity index (χ0) is 14.5. The summed E-state index contributed by atoms with van der Waals surface area (Å²) in [4.78, 5) is 0. The fraction of sp³-hybridized carbons (Fsp3) is 0.294. The Morgan fingerprint density at radius 1 is 1.10 bits per heavy atom. The van der Waals surface area contributed by atoms with E-state index < -0.39 is 6.10 Å². The SMILES string of the molecule is CCc1ccc(COc2ccc(F)cc2C(C)O)cc1. The molecule has 0 heterocycles. The van der Waals surface area contributed by atoms with E-state index >= 15 is 0 Å². The maximum Gasteiger partial charge on any atom is 0.125 e. The molecule has 0 aliphatic rings. The van der Waals surface area contributed by atoms with E-state index in [0.29, 0.717) is 17.9 Å². The summed E-state index contributed by atoms with van der Waals surface area (Å²) in [6.07, 6.45) is 0.244. The molecule has 20 heavy (non-hydrogen) atoms. The summed E-state index contributed by atoms with van der Waals surface area (Å²) in [5, 5.41) is 9.65. The van der Waals surface area contributed by atoms with Crippen LogP contribution >= 0.6 is 0 Å². The molecule has 0 saturated heterocycles. The Balaban J connectivity index is 2.10. The Morgan fingerprint density at radius 3 is 2.35 bits per heavy atom. The Hall–Kier alpha value is -1.87. The van der Waals surface area contributed by atoms with Gasteiger partial charge in [0.05, 0.1) is 6.10 Å². The van der Waals surface area contributed by atoms with Gasteiger partial charge in [-0.2, -0.15) is 0 Å². The maximum atomic E-state index is 13.2. The zero-order valence-corrected chi connectivity index (χ0v) is 11.8. The lowest BCUT2D eigenvalue weighted by atomic mass is 10.1. The second-order valence-corrected chi connectivity index (χ2v) is 4.82. The van der Waals surface area contributed by atoms with E-state index in [9.17, 15) is 9.50 Å². The van der Waals surface area contributed by atoms with Crippen LogP contribution in [0.25, 0.3) is 0 Å². The third-order valence-corrected chi connectivity index (χ3v) is 3.25. The van der Waals surface area contributed by atoms with Gasteiger partial charge in [0, 0.05) is 5.56 Å². The van der Waals surface area contributed by atoms with Crippen LogP contribution in [0.1, 0.15) is 36.6 Å². The van der Waals surface area contributed by atoms with Crippen molar-refractivity contribution in [3.63, 3.8) is 0 Å². The van der Waals surface area contributed by atoms with Crippen molar-refractivity contribution in [1.29, 1.82) is 0 Å². The maximum absolute atomic E-state index is 13.2. The molecule has 2 nitrogen and oxygen atoms in total. The van der Waals surface area contributed by atoms with Gasteiger partial charge in [-0.15, -0.1) is 0 Å². The van der Waals surface area contributed by atoms with Crippen molar-refractivity contribution < 1.29 is 14.2 Å². The first kappa shape index (κ1) is 14.5. The fourth-order valence-corrected chi connectivity index (χ4v) is 2.01. The van der Waals surface area contributed by atoms with Crippen molar-refractivity contribution >= 4 is 0 Å². The smallest absolute Gasteiger partial charge is 0.125 e. The molecule has 0 radical (unpaired) electrons. The monoisotopic (exact) mass is 274 g/mol. The minimum atomic E-state index is -0.761. The van der Waals surface area contributed by atoms with Crippen LogP contribution in [0.15, 0.2) is 42.5 Å². The molecule has 1 unspecified atom stereocenters. The number of halogens is 1. The lowest BCUT2D eigenvalue weighted by Crippen LogP contribution is -2.01. The molecule has 0 aliphatic carbocycles. The number of aryl methyl sites for hydroxylation is 1. The van der Waals surface area contributed by atoms with Crippen molar-refractivity contribution in [2.75, 3.05) is 0 Å². The van der Waals surface area contributed by atoms with Gasteiger partial charge in [0.1, 0.15) is 18.2 Å². The molecule has 3 heteroatoms. The van der Waals surface area contributed by atoms with Crippen LogP contribution in [-0.2, 0) is 13.0 Å². The van der Waals surface area contributed by atoms with Gasteiger partial charge in [-0.05, 0) is 42.7 Å². The molecule has 0 fully saturated rings. The predicted octanol–water partition coefficient (Wildman–Crippen LogP) is 4.02. The first-order chi connectivity index (χ1) is 9.60. The van der Waals surface area contributed by atoms with Crippen molar-refractivity contribution in [2.24, 2.45) is 0 Å². The molecule has 1 N–H and O–H groups in total. The van der Waals surface area contributed by atoms with Gasteiger partial charge >= 0.3 is 0 Å². The van der Waals surface area contributed by atoms with Crippen molar-refractivity contribution in [1.82, 2.24) is 0 Å². The summed E-state index contributed by atoms with van der Waals surface area (Å²) in [6.45, 7) is 4.10. The first-order valence-corrected chi connectivity index (χ1v) is 6.78. The molecular weight excluding hydrogens is 255 g/mol. The highest BCUT2D eigenvalue weighted by Gasteiger charge is 2.10. The third kappa shape index (κ3) is 3.58. The van der Waals surface area contributed by atoms with E-state index in [4.69, 9.17) is 4.74 Å². The number of benzene rings is 2. The van der Waals surface area contributed by atoms with E-state index in [1.807, 2.05) is 12.1 Å². The molecule has 2 aromatic carbocycles. The van der Waals surface area contributed by atoms with E-state index in [1.54, 1.807) is 13.0 Å². The fourth-order valence-electron chi connectivity index (χ4n) is 2.01. The summed E-state index contributed by atoms with van der Waals surface area (Å²) in [5.74, 6) is 0.140. The number of rotatable bonds is 5. The molecule has 0 amide bonds.